The van der Waals surface area contributed by atoms with Gasteiger partial charge in [-0.2, -0.15) is 0 Å². The van der Waals surface area contributed by atoms with E-state index in [1.165, 1.54) is 12.1 Å². The summed E-state index contributed by atoms with van der Waals surface area (Å²) in [5, 5.41) is 14.3. The summed E-state index contributed by atoms with van der Waals surface area (Å²) in [7, 11) is 0. The minimum Gasteiger partial charge on any atom is -0.484 e. The topological polar surface area (TPSA) is 87.7 Å². The minimum atomic E-state index is -0.606. The lowest BCUT2D eigenvalue weighted by molar-refractivity contribution is -0.151. The summed E-state index contributed by atoms with van der Waals surface area (Å²) in [5.41, 5.74) is -0.582. The number of rotatable bonds is 6. The first kappa shape index (κ1) is 16.0. The number of nitrogens with one attached hydrogen (secondary N) is 2. The van der Waals surface area contributed by atoms with Gasteiger partial charge in [0.1, 0.15) is 18.2 Å². The zero-order valence-corrected chi connectivity index (χ0v) is 13.0. The van der Waals surface area contributed by atoms with Gasteiger partial charge in [-0.25, -0.2) is 4.39 Å². The van der Waals surface area contributed by atoms with Crippen molar-refractivity contribution >= 4 is 23.4 Å². The highest BCUT2D eigenvalue weighted by Crippen LogP contribution is 2.60. The molecule has 2 bridgehead atoms. The summed E-state index contributed by atoms with van der Waals surface area (Å²) in [6.07, 6.45) is 1.94. The Kier molecular flexibility index (Phi) is 3.93. The second-order valence-electron chi connectivity index (χ2n) is 6.21. The van der Waals surface area contributed by atoms with Crippen LogP contribution < -0.4 is 15.4 Å². The Morgan fingerprint density at radius 2 is 1.83 bits per heavy atom. The van der Waals surface area contributed by atoms with E-state index in [0.717, 1.165) is 6.07 Å². The molecule has 2 amide bonds. The number of hydrogen-bond donors (Lipinski definition) is 3. The Balaban J connectivity index is 1.43. The average Bonchev–Trinajstić information content (AvgIpc) is 2.44. The fraction of sp³-hybridized carbons (Fsp3) is 0.467. The van der Waals surface area contributed by atoms with E-state index in [2.05, 4.69) is 10.6 Å². The number of ether oxygens (including phenoxy) is 1. The fourth-order valence-electron chi connectivity index (χ4n) is 3.44. The standard InChI is InChI=1S/C15H16ClFN2O4/c16-10-2-1-9(3-11(10)17)23-5-13(22)19-15-6-14(7-15,8-15)18-12(21)4-20/h1-3,20H,4-8H2,(H,18,21)(H,19,22). The molecule has 3 aliphatic carbocycles. The third-order valence-electron chi connectivity index (χ3n) is 4.24. The molecule has 3 fully saturated rings. The third-order valence-corrected chi connectivity index (χ3v) is 4.55. The van der Waals surface area contributed by atoms with Crippen LogP contribution in [0.1, 0.15) is 19.3 Å². The van der Waals surface area contributed by atoms with Gasteiger partial charge < -0.3 is 20.5 Å². The van der Waals surface area contributed by atoms with E-state index in [-0.39, 0.29) is 34.4 Å². The molecule has 6 nitrogen and oxygen atoms in total. The van der Waals surface area contributed by atoms with Crippen molar-refractivity contribution in [1.29, 1.82) is 0 Å². The summed E-state index contributed by atoms with van der Waals surface area (Å²) in [6, 6.07) is 3.97. The molecule has 3 N–H and O–H groups in total. The monoisotopic (exact) mass is 342 g/mol. The SMILES string of the molecule is O=C(CO)NC12CC(NC(=O)COc3ccc(Cl)c(F)c3)(C1)C2. The lowest BCUT2D eigenvalue weighted by Gasteiger charge is -2.70. The Morgan fingerprint density at radius 3 is 2.39 bits per heavy atom. The summed E-state index contributed by atoms with van der Waals surface area (Å²) in [4.78, 5) is 23.1. The van der Waals surface area contributed by atoms with E-state index in [1.807, 2.05) is 0 Å². The lowest BCUT2D eigenvalue weighted by Crippen LogP contribution is -2.84. The molecule has 0 atom stereocenters. The highest BCUT2D eigenvalue weighted by molar-refractivity contribution is 6.30. The number of carbonyl (C=O) groups is 2. The van der Waals surface area contributed by atoms with Crippen LogP contribution >= 0.6 is 11.6 Å². The Morgan fingerprint density at radius 1 is 1.22 bits per heavy atom. The number of aliphatic hydroxyl groups excluding tert-OH is 1. The number of amides is 2. The predicted octanol–water partition coefficient (Wildman–Crippen LogP) is 0.758. The van der Waals surface area contributed by atoms with Crippen LogP contribution in [-0.4, -0.2) is 41.2 Å². The second-order valence-corrected chi connectivity index (χ2v) is 6.62. The van der Waals surface area contributed by atoms with Crippen molar-refractivity contribution in [2.45, 2.75) is 30.3 Å². The van der Waals surface area contributed by atoms with Gasteiger partial charge in [0.15, 0.2) is 6.61 Å². The van der Waals surface area contributed by atoms with E-state index in [9.17, 15) is 14.0 Å². The van der Waals surface area contributed by atoms with E-state index >= 15 is 0 Å². The van der Waals surface area contributed by atoms with E-state index < -0.39 is 18.3 Å². The van der Waals surface area contributed by atoms with Crippen LogP contribution in [0.4, 0.5) is 4.39 Å². The first-order valence-electron chi connectivity index (χ1n) is 7.16. The van der Waals surface area contributed by atoms with Gasteiger partial charge in [-0.1, -0.05) is 11.6 Å². The molecule has 0 aliphatic heterocycles. The summed E-state index contributed by atoms with van der Waals surface area (Å²) < 4.78 is 18.5. The predicted molar refractivity (Wildman–Crippen MR) is 79.6 cm³/mol. The van der Waals surface area contributed by atoms with Crippen LogP contribution in [-0.2, 0) is 9.59 Å². The van der Waals surface area contributed by atoms with Gasteiger partial charge in [-0.15, -0.1) is 0 Å². The highest BCUT2D eigenvalue weighted by atomic mass is 35.5. The van der Waals surface area contributed by atoms with E-state index in [0.29, 0.717) is 19.3 Å². The molecule has 0 unspecified atom stereocenters. The molecule has 0 saturated heterocycles. The van der Waals surface area contributed by atoms with Gasteiger partial charge in [0.2, 0.25) is 5.91 Å². The fourth-order valence-corrected chi connectivity index (χ4v) is 3.55. The number of aliphatic hydroxyl groups is 1. The van der Waals surface area contributed by atoms with Gasteiger partial charge in [-0.05, 0) is 31.4 Å². The Labute approximate surface area is 137 Å². The van der Waals surface area contributed by atoms with Crippen LogP contribution in [0.5, 0.6) is 5.75 Å². The van der Waals surface area contributed by atoms with Crippen molar-refractivity contribution in [1.82, 2.24) is 10.6 Å². The smallest absolute Gasteiger partial charge is 0.258 e. The molecule has 23 heavy (non-hydrogen) atoms. The largest absolute Gasteiger partial charge is 0.484 e. The van der Waals surface area contributed by atoms with Crippen molar-refractivity contribution < 1.29 is 23.8 Å². The van der Waals surface area contributed by atoms with Crippen molar-refractivity contribution in [2.24, 2.45) is 0 Å². The Hall–Kier alpha value is -1.86. The quantitative estimate of drug-likeness (QED) is 0.712. The maximum absolute atomic E-state index is 13.3. The first-order chi connectivity index (χ1) is 10.9. The Bertz CT molecular complexity index is 647. The number of halogens is 2. The molecule has 1 aromatic rings. The first-order valence-corrected chi connectivity index (χ1v) is 7.54. The van der Waals surface area contributed by atoms with E-state index in [4.69, 9.17) is 21.4 Å². The number of hydrogen-bond acceptors (Lipinski definition) is 4. The van der Waals surface area contributed by atoms with Gasteiger partial charge in [0, 0.05) is 17.1 Å². The molecule has 124 valence electrons. The zero-order valence-electron chi connectivity index (χ0n) is 12.2. The molecule has 3 saturated carbocycles. The molecule has 8 heteroatoms. The molecule has 0 radical (unpaired) electrons. The second kappa shape index (κ2) is 5.65. The highest BCUT2D eigenvalue weighted by Gasteiger charge is 2.69. The summed E-state index contributed by atoms with van der Waals surface area (Å²) in [6.45, 7) is -0.759. The van der Waals surface area contributed by atoms with Crippen LogP contribution in [0.25, 0.3) is 0 Å². The van der Waals surface area contributed by atoms with Crippen molar-refractivity contribution in [3.63, 3.8) is 0 Å². The number of benzene rings is 1. The van der Waals surface area contributed by atoms with Crippen molar-refractivity contribution in [2.75, 3.05) is 13.2 Å². The maximum atomic E-state index is 13.3. The average molecular weight is 343 g/mol. The minimum absolute atomic E-state index is 0.00843. The molecule has 1 aromatic carbocycles. The van der Waals surface area contributed by atoms with Crippen LogP contribution in [0.2, 0.25) is 5.02 Å². The van der Waals surface area contributed by atoms with Crippen LogP contribution in [0.3, 0.4) is 0 Å². The van der Waals surface area contributed by atoms with Crippen LogP contribution in [0.15, 0.2) is 18.2 Å². The number of carbonyl (C=O) groups excluding carboxylic acids is 2. The van der Waals surface area contributed by atoms with E-state index in [1.54, 1.807) is 0 Å². The van der Waals surface area contributed by atoms with Crippen molar-refractivity contribution in [3.05, 3.63) is 29.0 Å². The van der Waals surface area contributed by atoms with Gasteiger partial charge in [0.05, 0.1) is 5.02 Å². The maximum Gasteiger partial charge on any atom is 0.258 e. The summed E-state index contributed by atoms with van der Waals surface area (Å²) in [5.74, 6) is -1.09. The molecule has 0 aromatic heterocycles. The molecular weight excluding hydrogens is 327 g/mol. The molecule has 0 heterocycles. The molecule has 3 aliphatic rings. The molecule has 4 rings (SSSR count). The summed E-state index contributed by atoms with van der Waals surface area (Å²) >= 11 is 5.57. The van der Waals surface area contributed by atoms with Crippen LogP contribution in [0, 0.1) is 5.82 Å². The van der Waals surface area contributed by atoms with Gasteiger partial charge in [0.25, 0.3) is 5.91 Å². The molecule has 0 spiro atoms. The van der Waals surface area contributed by atoms with Gasteiger partial charge in [-0.3, -0.25) is 9.59 Å². The third kappa shape index (κ3) is 3.11. The van der Waals surface area contributed by atoms with Gasteiger partial charge >= 0.3 is 0 Å². The molecular formula is C15H16ClFN2O4. The zero-order chi connectivity index (χ0) is 16.7. The normalized spacial score (nSPS) is 27.4. The lowest BCUT2D eigenvalue weighted by atomic mass is 9.44. The van der Waals surface area contributed by atoms with Crippen molar-refractivity contribution in [3.8, 4) is 5.75 Å².